The molecule has 0 aliphatic rings. The summed E-state index contributed by atoms with van der Waals surface area (Å²) in [5, 5.41) is 20.4. The average Bonchev–Trinajstić information content (AvgIpc) is 2.04. The monoisotopic (exact) mass is 159 g/mol. The van der Waals surface area contributed by atoms with E-state index in [0.29, 0.717) is 6.29 Å². The maximum absolute atomic E-state index is 10.2. The standard InChI is InChI=1S/C5H9N3O3/c6-5(4-9)2-1-3-8(11)7-10/h2,4,10H,1,3,6H2/b5-2+,8-7?. The van der Waals surface area contributed by atoms with E-state index in [4.69, 9.17) is 10.9 Å². The van der Waals surface area contributed by atoms with Gasteiger partial charge in [-0.25, -0.2) is 0 Å². The fourth-order valence-corrected chi connectivity index (χ4v) is 0.434. The molecule has 11 heavy (non-hydrogen) atoms. The zero-order valence-corrected chi connectivity index (χ0v) is 5.80. The number of aldehydes is 1. The number of carbonyl (C=O) groups excluding carboxylic acids is 1. The number of hydrogen-bond acceptors (Lipinski definition) is 4. The molecule has 0 spiro atoms. The molecule has 0 atom stereocenters. The van der Waals surface area contributed by atoms with Crippen molar-refractivity contribution in [1.82, 2.24) is 0 Å². The Morgan fingerprint density at radius 3 is 2.91 bits per heavy atom. The molecule has 0 unspecified atom stereocenters. The van der Waals surface area contributed by atoms with Gasteiger partial charge >= 0.3 is 0 Å². The molecule has 6 heteroatoms. The highest BCUT2D eigenvalue weighted by Gasteiger charge is 1.92. The normalized spacial score (nSPS) is 13.1. The maximum Gasteiger partial charge on any atom is 0.197 e. The van der Waals surface area contributed by atoms with Crippen LogP contribution in [-0.4, -0.2) is 22.9 Å². The second-order valence-corrected chi connectivity index (χ2v) is 1.78. The van der Waals surface area contributed by atoms with Gasteiger partial charge in [0.1, 0.15) is 0 Å². The summed E-state index contributed by atoms with van der Waals surface area (Å²) in [6.07, 6.45) is 2.13. The maximum atomic E-state index is 10.2. The number of allylic oxidation sites excluding steroid dienone is 1. The van der Waals surface area contributed by atoms with Gasteiger partial charge in [-0.15, -0.1) is 0 Å². The van der Waals surface area contributed by atoms with Crippen LogP contribution >= 0.6 is 0 Å². The van der Waals surface area contributed by atoms with Crippen LogP contribution in [0.2, 0.25) is 0 Å². The molecule has 0 fully saturated rings. The first-order valence-electron chi connectivity index (χ1n) is 2.91. The van der Waals surface area contributed by atoms with Crippen molar-refractivity contribution >= 4 is 6.29 Å². The van der Waals surface area contributed by atoms with Crippen molar-refractivity contribution in [2.45, 2.75) is 6.42 Å². The first-order valence-corrected chi connectivity index (χ1v) is 2.91. The lowest BCUT2D eigenvalue weighted by molar-refractivity contribution is -0.554. The van der Waals surface area contributed by atoms with Crippen molar-refractivity contribution in [3.05, 3.63) is 17.0 Å². The van der Waals surface area contributed by atoms with Crippen LogP contribution in [0.25, 0.3) is 0 Å². The van der Waals surface area contributed by atoms with Crippen molar-refractivity contribution in [1.29, 1.82) is 0 Å². The fraction of sp³-hybridized carbons (Fsp3) is 0.400. The van der Waals surface area contributed by atoms with Gasteiger partial charge in [-0.3, -0.25) is 4.79 Å². The Hall–Kier alpha value is -1.59. The number of nitrogens with two attached hydrogens (primary N) is 1. The van der Waals surface area contributed by atoms with E-state index in [1.54, 1.807) is 0 Å². The Bertz CT molecular complexity index is 187. The first kappa shape index (κ1) is 9.41. The smallest absolute Gasteiger partial charge is 0.197 e. The average molecular weight is 159 g/mol. The first-order chi connectivity index (χ1) is 5.20. The molecule has 0 rings (SSSR count). The second kappa shape index (κ2) is 5.21. The van der Waals surface area contributed by atoms with Gasteiger partial charge in [0.25, 0.3) is 0 Å². The summed E-state index contributed by atoms with van der Waals surface area (Å²) in [4.78, 5) is 9.98. The highest BCUT2D eigenvalue weighted by molar-refractivity contribution is 5.71. The summed E-state index contributed by atoms with van der Waals surface area (Å²) in [5.74, 6) is 0. The molecular weight excluding hydrogens is 150 g/mol. The van der Waals surface area contributed by atoms with Crippen molar-refractivity contribution in [2.75, 3.05) is 6.54 Å². The lowest BCUT2D eigenvalue weighted by Gasteiger charge is -1.93. The minimum absolute atomic E-state index is 0.0228. The predicted octanol–water partition coefficient (Wildman–Crippen LogP) is -0.230. The SMILES string of the molecule is N/C(C=O)=C/CC[N+]([O-])=NO. The third-order valence-corrected chi connectivity index (χ3v) is 0.936. The predicted molar refractivity (Wildman–Crippen MR) is 35.7 cm³/mol. The molecule has 6 nitrogen and oxygen atoms in total. The van der Waals surface area contributed by atoms with Crippen molar-refractivity contribution in [3.63, 3.8) is 0 Å². The minimum Gasteiger partial charge on any atom is -0.597 e. The summed E-state index contributed by atoms with van der Waals surface area (Å²) in [7, 11) is 0. The van der Waals surface area contributed by atoms with Crippen LogP contribution in [0.1, 0.15) is 6.42 Å². The van der Waals surface area contributed by atoms with Crippen LogP contribution in [0.5, 0.6) is 0 Å². The Kier molecular flexibility index (Phi) is 4.46. The van der Waals surface area contributed by atoms with Crippen LogP contribution in [0, 0.1) is 5.21 Å². The van der Waals surface area contributed by atoms with Gasteiger partial charge in [0.05, 0.1) is 5.70 Å². The van der Waals surface area contributed by atoms with Gasteiger partial charge in [0, 0.05) is 6.42 Å². The Balaban J connectivity index is 3.65. The van der Waals surface area contributed by atoms with Crippen molar-refractivity contribution < 1.29 is 14.9 Å². The zero-order chi connectivity index (χ0) is 8.69. The molecule has 0 aliphatic carbocycles. The molecule has 0 aromatic rings. The summed E-state index contributed by atoms with van der Waals surface area (Å²) < 4.78 is 0. The number of carbonyl (C=O) groups is 1. The number of hydroxylamine groups is 1. The van der Waals surface area contributed by atoms with E-state index in [1.165, 1.54) is 6.08 Å². The van der Waals surface area contributed by atoms with Gasteiger partial charge in [-0.2, -0.15) is 0 Å². The fourth-order valence-electron chi connectivity index (χ4n) is 0.434. The van der Waals surface area contributed by atoms with Gasteiger partial charge < -0.3 is 16.1 Å². The van der Waals surface area contributed by atoms with Crippen LogP contribution < -0.4 is 5.73 Å². The largest absolute Gasteiger partial charge is 0.597 e. The van der Waals surface area contributed by atoms with E-state index >= 15 is 0 Å². The molecule has 0 aromatic heterocycles. The van der Waals surface area contributed by atoms with Crippen LogP contribution in [0.15, 0.2) is 17.1 Å². The third-order valence-electron chi connectivity index (χ3n) is 0.936. The third kappa shape index (κ3) is 4.89. The molecule has 62 valence electrons. The summed E-state index contributed by atoms with van der Waals surface area (Å²) >= 11 is 0. The van der Waals surface area contributed by atoms with Gasteiger partial charge in [-0.05, 0) is 0 Å². The summed E-state index contributed by atoms with van der Waals surface area (Å²) in [6.45, 7) is -0.0228. The van der Waals surface area contributed by atoms with Gasteiger partial charge in [0.15, 0.2) is 18.1 Å². The Labute approximate surface area is 63.2 Å². The molecule has 0 saturated heterocycles. The number of hydrogen-bond donors (Lipinski definition) is 2. The lowest BCUT2D eigenvalue weighted by Crippen LogP contribution is -2.03. The van der Waals surface area contributed by atoms with Crippen LogP contribution in [0.3, 0.4) is 0 Å². The van der Waals surface area contributed by atoms with E-state index in [1.807, 2.05) is 0 Å². The molecule has 0 heterocycles. The highest BCUT2D eigenvalue weighted by atomic mass is 16.6. The topological polar surface area (TPSA) is 102 Å². The Morgan fingerprint density at radius 2 is 2.45 bits per heavy atom. The van der Waals surface area contributed by atoms with Crippen molar-refractivity contribution in [2.24, 2.45) is 11.0 Å². The molecule has 3 N–H and O–H groups in total. The quantitative estimate of drug-likeness (QED) is 0.194. The molecule has 0 aromatic carbocycles. The number of nitrogens with zero attached hydrogens (tertiary/aromatic N) is 2. The molecule has 0 saturated carbocycles. The van der Waals surface area contributed by atoms with Crippen LogP contribution in [-0.2, 0) is 4.79 Å². The number of rotatable bonds is 4. The van der Waals surface area contributed by atoms with E-state index in [9.17, 15) is 10.0 Å². The van der Waals surface area contributed by atoms with E-state index in [-0.39, 0.29) is 23.5 Å². The second-order valence-electron chi connectivity index (χ2n) is 1.78. The molecule has 0 bridgehead atoms. The van der Waals surface area contributed by atoms with Gasteiger partial charge in [-0.1, -0.05) is 10.9 Å². The lowest BCUT2D eigenvalue weighted by atomic mass is 10.3. The molecular formula is C5H9N3O3. The van der Waals surface area contributed by atoms with E-state index in [2.05, 4.69) is 5.28 Å². The minimum atomic E-state index is -0.0228. The molecule has 0 amide bonds. The molecule has 0 aliphatic heterocycles. The van der Waals surface area contributed by atoms with Gasteiger partial charge in [0.2, 0.25) is 0 Å². The summed E-state index contributed by atoms with van der Waals surface area (Å²) in [5.41, 5.74) is 5.15. The summed E-state index contributed by atoms with van der Waals surface area (Å²) in [6, 6.07) is 0. The zero-order valence-electron chi connectivity index (χ0n) is 5.80. The van der Waals surface area contributed by atoms with E-state index < -0.39 is 0 Å². The van der Waals surface area contributed by atoms with E-state index in [0.717, 1.165) is 0 Å². The Morgan fingerprint density at radius 1 is 1.82 bits per heavy atom. The molecule has 0 radical (unpaired) electrons. The van der Waals surface area contributed by atoms with Crippen molar-refractivity contribution in [3.8, 4) is 0 Å². The highest BCUT2D eigenvalue weighted by Crippen LogP contribution is 1.86. The van der Waals surface area contributed by atoms with Crippen LogP contribution in [0.4, 0.5) is 0 Å².